The molecule has 2 aliphatic rings. The molecule has 2 nitrogen and oxygen atoms in total. The first kappa shape index (κ1) is 14.4. The van der Waals surface area contributed by atoms with E-state index in [4.69, 9.17) is 4.74 Å². The van der Waals surface area contributed by atoms with Gasteiger partial charge in [-0.15, -0.1) is 0 Å². The first-order chi connectivity index (χ1) is 8.44. The van der Waals surface area contributed by atoms with Crippen molar-refractivity contribution in [2.24, 2.45) is 0 Å². The molecule has 2 fully saturated rings. The molecule has 2 saturated heterocycles. The fourth-order valence-corrected chi connectivity index (χ4v) is 3.80. The highest BCUT2D eigenvalue weighted by Crippen LogP contribution is 2.38. The smallest absolute Gasteiger partial charge is 0.319 e. The van der Waals surface area contributed by atoms with Crippen molar-refractivity contribution in [3.05, 3.63) is 0 Å². The number of hydrogen-bond donors (Lipinski definition) is 1. The highest BCUT2D eigenvalue weighted by Gasteiger charge is 2.43. The minimum Gasteiger partial charge on any atom is -0.374 e. The minimum atomic E-state index is -3.95. The molecule has 0 aromatic rings. The Kier molecular flexibility index (Phi) is 4.44. The number of nitrogens with one attached hydrogen (secondary N) is 1. The average molecular weight is 287 g/mol. The summed E-state index contributed by atoms with van der Waals surface area (Å²) in [5.74, 6) is -2.06. The Hall–Kier alpha value is -0.0100. The van der Waals surface area contributed by atoms with Crippen LogP contribution in [0.2, 0.25) is 0 Å². The van der Waals surface area contributed by atoms with E-state index in [0.717, 1.165) is 17.9 Å². The summed E-state index contributed by atoms with van der Waals surface area (Å²) in [6, 6.07) is -0.151. The fourth-order valence-electron chi connectivity index (χ4n) is 2.42. The lowest BCUT2D eigenvalue weighted by molar-refractivity contribution is -0.130. The Bertz CT molecular complexity index is 284. The third kappa shape index (κ3) is 3.30. The summed E-state index contributed by atoms with van der Waals surface area (Å²) in [5, 5.41) is 2.58. The zero-order chi connectivity index (χ0) is 13.2. The topological polar surface area (TPSA) is 21.3 Å². The standard InChI is InChI=1S/C11H17F4NOS/c12-9(13)11(14,15)6-16-8-1-3-17-10(5-8)2-4-18-7-10/h8-9,16H,1-7H2. The van der Waals surface area contributed by atoms with Gasteiger partial charge in [0, 0.05) is 18.4 Å². The van der Waals surface area contributed by atoms with Crippen LogP contribution in [-0.2, 0) is 4.74 Å². The van der Waals surface area contributed by atoms with Crippen LogP contribution in [0, 0.1) is 0 Å². The lowest BCUT2D eigenvalue weighted by Gasteiger charge is -2.38. The Morgan fingerprint density at radius 3 is 2.83 bits per heavy atom. The van der Waals surface area contributed by atoms with Gasteiger partial charge in [0.1, 0.15) is 0 Å². The molecule has 18 heavy (non-hydrogen) atoms. The molecule has 0 radical (unpaired) electrons. The van der Waals surface area contributed by atoms with Crippen molar-refractivity contribution in [3.63, 3.8) is 0 Å². The van der Waals surface area contributed by atoms with Gasteiger partial charge in [-0.2, -0.15) is 20.5 Å². The zero-order valence-electron chi connectivity index (χ0n) is 9.93. The summed E-state index contributed by atoms with van der Waals surface area (Å²) in [6.07, 6.45) is -1.45. The molecule has 2 heterocycles. The van der Waals surface area contributed by atoms with Crippen molar-refractivity contribution < 1.29 is 22.3 Å². The van der Waals surface area contributed by atoms with E-state index < -0.39 is 18.9 Å². The maximum Gasteiger partial charge on any atom is 0.319 e. The van der Waals surface area contributed by atoms with Crippen molar-refractivity contribution in [2.45, 2.75) is 43.3 Å². The van der Waals surface area contributed by atoms with Crippen LogP contribution in [0.1, 0.15) is 19.3 Å². The van der Waals surface area contributed by atoms with Gasteiger partial charge in [0.25, 0.3) is 0 Å². The summed E-state index contributed by atoms with van der Waals surface area (Å²) in [7, 11) is 0. The number of hydrogen-bond acceptors (Lipinski definition) is 3. The van der Waals surface area contributed by atoms with Crippen molar-refractivity contribution in [2.75, 3.05) is 24.7 Å². The second-order valence-electron chi connectivity index (χ2n) is 4.97. The number of rotatable bonds is 4. The van der Waals surface area contributed by atoms with E-state index in [0.29, 0.717) is 19.4 Å². The molecular formula is C11H17F4NOS. The van der Waals surface area contributed by atoms with Gasteiger partial charge in [-0.25, -0.2) is 8.78 Å². The van der Waals surface area contributed by atoms with Gasteiger partial charge in [0.2, 0.25) is 0 Å². The third-order valence-corrected chi connectivity index (χ3v) is 4.73. The van der Waals surface area contributed by atoms with Crippen LogP contribution < -0.4 is 5.32 Å². The van der Waals surface area contributed by atoms with Crippen LogP contribution in [0.5, 0.6) is 0 Å². The molecule has 0 amide bonds. The van der Waals surface area contributed by atoms with Crippen LogP contribution >= 0.6 is 11.8 Å². The molecule has 106 valence electrons. The first-order valence-electron chi connectivity index (χ1n) is 6.05. The van der Waals surface area contributed by atoms with Crippen LogP contribution in [0.4, 0.5) is 17.6 Å². The summed E-state index contributed by atoms with van der Waals surface area (Å²) in [6.45, 7) is -0.447. The van der Waals surface area contributed by atoms with E-state index in [1.165, 1.54) is 0 Å². The minimum absolute atomic E-state index is 0.151. The fraction of sp³-hybridized carbons (Fsp3) is 1.00. The highest BCUT2D eigenvalue weighted by molar-refractivity contribution is 7.99. The average Bonchev–Trinajstić information content (AvgIpc) is 2.75. The highest BCUT2D eigenvalue weighted by atomic mass is 32.2. The SMILES string of the molecule is FC(F)C(F)(F)CNC1CCOC2(CCSC2)C1. The molecule has 7 heteroatoms. The predicted octanol–water partition coefficient (Wildman–Crippen LogP) is 2.53. The molecule has 0 aromatic carbocycles. The maximum atomic E-state index is 12.8. The monoisotopic (exact) mass is 287 g/mol. The van der Waals surface area contributed by atoms with E-state index in [1.807, 2.05) is 0 Å². The van der Waals surface area contributed by atoms with Crippen LogP contribution in [0.15, 0.2) is 0 Å². The van der Waals surface area contributed by atoms with Gasteiger partial charge in [-0.1, -0.05) is 0 Å². The molecule has 1 spiro atoms. The van der Waals surface area contributed by atoms with E-state index in [9.17, 15) is 17.6 Å². The van der Waals surface area contributed by atoms with Crippen LogP contribution in [0.3, 0.4) is 0 Å². The Balaban J connectivity index is 1.83. The summed E-state index contributed by atoms with van der Waals surface area (Å²) in [5.41, 5.74) is -0.222. The van der Waals surface area contributed by atoms with Gasteiger partial charge >= 0.3 is 12.3 Å². The summed E-state index contributed by atoms with van der Waals surface area (Å²) >= 11 is 1.79. The van der Waals surface area contributed by atoms with E-state index in [2.05, 4.69) is 5.32 Å². The maximum absolute atomic E-state index is 12.8. The number of alkyl halides is 4. The molecule has 0 aromatic heterocycles. The molecular weight excluding hydrogens is 270 g/mol. The molecule has 0 bridgehead atoms. The lowest BCUT2D eigenvalue weighted by Crippen LogP contribution is -2.50. The summed E-state index contributed by atoms with van der Waals surface area (Å²) < 4.78 is 55.5. The molecule has 2 unspecified atom stereocenters. The second kappa shape index (κ2) is 5.54. The van der Waals surface area contributed by atoms with Crippen molar-refractivity contribution >= 4 is 11.8 Å². The molecule has 1 N–H and O–H groups in total. The van der Waals surface area contributed by atoms with Gasteiger partial charge < -0.3 is 10.1 Å². The van der Waals surface area contributed by atoms with E-state index in [-0.39, 0.29) is 11.6 Å². The number of ether oxygens (including phenoxy) is 1. The van der Waals surface area contributed by atoms with Crippen LogP contribution in [0.25, 0.3) is 0 Å². The van der Waals surface area contributed by atoms with Gasteiger partial charge in [0.05, 0.1) is 12.1 Å². The van der Waals surface area contributed by atoms with Crippen molar-refractivity contribution in [3.8, 4) is 0 Å². The van der Waals surface area contributed by atoms with Crippen molar-refractivity contribution in [1.29, 1.82) is 0 Å². The largest absolute Gasteiger partial charge is 0.374 e. The Morgan fingerprint density at radius 2 is 2.22 bits per heavy atom. The third-order valence-electron chi connectivity index (χ3n) is 3.51. The molecule has 2 aliphatic heterocycles. The van der Waals surface area contributed by atoms with E-state index in [1.54, 1.807) is 11.8 Å². The van der Waals surface area contributed by atoms with Gasteiger partial charge in [-0.05, 0) is 25.0 Å². The Morgan fingerprint density at radius 1 is 1.44 bits per heavy atom. The molecule has 2 rings (SSSR count). The quantitative estimate of drug-likeness (QED) is 0.803. The predicted molar refractivity (Wildman–Crippen MR) is 62.6 cm³/mol. The van der Waals surface area contributed by atoms with Gasteiger partial charge in [0.15, 0.2) is 0 Å². The summed E-state index contributed by atoms with van der Waals surface area (Å²) in [4.78, 5) is 0. The van der Waals surface area contributed by atoms with E-state index >= 15 is 0 Å². The number of thioether (sulfide) groups is 1. The van der Waals surface area contributed by atoms with Crippen LogP contribution in [-0.4, -0.2) is 48.6 Å². The normalized spacial score (nSPS) is 33.5. The Labute approximate surface area is 108 Å². The molecule has 0 aliphatic carbocycles. The lowest BCUT2D eigenvalue weighted by atomic mass is 9.90. The van der Waals surface area contributed by atoms with Crippen molar-refractivity contribution in [1.82, 2.24) is 5.32 Å². The van der Waals surface area contributed by atoms with Gasteiger partial charge in [-0.3, -0.25) is 0 Å². The number of halogens is 4. The molecule has 0 saturated carbocycles. The first-order valence-corrected chi connectivity index (χ1v) is 7.20. The zero-order valence-corrected chi connectivity index (χ0v) is 10.7. The molecule has 2 atom stereocenters. The second-order valence-corrected chi connectivity index (χ2v) is 6.07.